The molecule has 2 N–H and O–H groups in total. The van der Waals surface area contributed by atoms with Crippen molar-refractivity contribution in [3.8, 4) is 11.6 Å². The van der Waals surface area contributed by atoms with Crippen LogP contribution in [0.5, 0.6) is 11.6 Å². The largest absolute Gasteiger partial charge is 0.497 e. The first-order chi connectivity index (χ1) is 11.7. The van der Waals surface area contributed by atoms with Gasteiger partial charge < -0.3 is 20.1 Å². The van der Waals surface area contributed by atoms with E-state index in [2.05, 4.69) is 20.6 Å². The molecule has 1 heterocycles. The van der Waals surface area contributed by atoms with Gasteiger partial charge in [-0.05, 0) is 30.2 Å². The summed E-state index contributed by atoms with van der Waals surface area (Å²) in [6.45, 7) is 4.05. The maximum atomic E-state index is 5.24. The number of benzene rings is 1. The number of guanidine groups is 1. The van der Waals surface area contributed by atoms with Gasteiger partial charge in [0.15, 0.2) is 5.96 Å². The Bertz CT molecular complexity index is 662. The Labute approximate surface area is 166 Å². The van der Waals surface area contributed by atoms with E-state index in [1.807, 2.05) is 43.3 Å². The third-order valence-corrected chi connectivity index (χ3v) is 3.36. The number of aromatic nitrogens is 1. The summed E-state index contributed by atoms with van der Waals surface area (Å²) in [4.78, 5) is 8.77. The molecule has 0 aliphatic heterocycles. The van der Waals surface area contributed by atoms with Crippen molar-refractivity contribution in [3.63, 3.8) is 0 Å². The van der Waals surface area contributed by atoms with Crippen molar-refractivity contribution >= 4 is 29.9 Å². The SMILES string of the molecule is CCNC(=NCc1ccc(OC)nc1)NCc1cccc(OC)c1.I. The summed E-state index contributed by atoms with van der Waals surface area (Å²) >= 11 is 0. The van der Waals surface area contributed by atoms with Gasteiger partial charge in [0.05, 0.1) is 20.8 Å². The number of hydrogen-bond donors (Lipinski definition) is 2. The Morgan fingerprint density at radius 1 is 1.08 bits per heavy atom. The minimum atomic E-state index is 0. The molecular weight excluding hydrogens is 431 g/mol. The number of methoxy groups -OCH3 is 2. The normalized spacial score (nSPS) is 10.6. The summed E-state index contributed by atoms with van der Waals surface area (Å²) in [6.07, 6.45) is 1.77. The highest BCUT2D eigenvalue weighted by molar-refractivity contribution is 14.0. The quantitative estimate of drug-likeness (QED) is 0.381. The highest BCUT2D eigenvalue weighted by atomic mass is 127. The van der Waals surface area contributed by atoms with E-state index >= 15 is 0 Å². The van der Waals surface area contributed by atoms with Crippen LogP contribution in [0.1, 0.15) is 18.1 Å². The van der Waals surface area contributed by atoms with E-state index in [0.29, 0.717) is 19.0 Å². The molecule has 0 fully saturated rings. The first kappa shape index (κ1) is 21.0. The number of halogens is 1. The van der Waals surface area contributed by atoms with Crippen LogP contribution in [-0.2, 0) is 13.1 Å². The summed E-state index contributed by atoms with van der Waals surface area (Å²) in [5.74, 6) is 2.21. The summed E-state index contributed by atoms with van der Waals surface area (Å²) < 4.78 is 10.3. The molecule has 0 radical (unpaired) electrons. The maximum Gasteiger partial charge on any atom is 0.212 e. The second-order valence-corrected chi connectivity index (χ2v) is 5.11. The fourth-order valence-electron chi connectivity index (χ4n) is 2.11. The van der Waals surface area contributed by atoms with Gasteiger partial charge in [0, 0.05) is 25.4 Å². The summed E-state index contributed by atoms with van der Waals surface area (Å²) in [5, 5.41) is 6.56. The number of nitrogens with one attached hydrogen (secondary N) is 2. The van der Waals surface area contributed by atoms with E-state index in [1.165, 1.54) is 0 Å². The zero-order valence-corrected chi connectivity index (χ0v) is 17.1. The molecule has 0 aliphatic carbocycles. The summed E-state index contributed by atoms with van der Waals surface area (Å²) in [7, 11) is 3.27. The van der Waals surface area contributed by atoms with Crippen molar-refractivity contribution in [1.82, 2.24) is 15.6 Å². The lowest BCUT2D eigenvalue weighted by atomic mass is 10.2. The second-order valence-electron chi connectivity index (χ2n) is 5.11. The van der Waals surface area contributed by atoms with E-state index in [-0.39, 0.29) is 24.0 Å². The number of hydrogen-bond acceptors (Lipinski definition) is 4. The van der Waals surface area contributed by atoms with Crippen LogP contribution in [-0.4, -0.2) is 31.7 Å². The van der Waals surface area contributed by atoms with Gasteiger partial charge in [-0.1, -0.05) is 18.2 Å². The van der Waals surface area contributed by atoms with Crippen molar-refractivity contribution in [3.05, 3.63) is 53.7 Å². The summed E-state index contributed by atoms with van der Waals surface area (Å²) in [6, 6.07) is 11.8. The minimum Gasteiger partial charge on any atom is -0.497 e. The van der Waals surface area contributed by atoms with Crippen molar-refractivity contribution in [2.45, 2.75) is 20.0 Å². The Hall–Kier alpha value is -2.03. The van der Waals surface area contributed by atoms with Gasteiger partial charge in [0.2, 0.25) is 5.88 Å². The fourth-order valence-corrected chi connectivity index (χ4v) is 2.11. The molecule has 1 aromatic carbocycles. The van der Waals surface area contributed by atoms with Crippen molar-refractivity contribution in [2.24, 2.45) is 4.99 Å². The number of ether oxygens (including phenoxy) is 2. The van der Waals surface area contributed by atoms with Crippen LogP contribution in [0.3, 0.4) is 0 Å². The third-order valence-electron chi connectivity index (χ3n) is 3.36. The molecule has 136 valence electrons. The van der Waals surface area contributed by atoms with Gasteiger partial charge >= 0.3 is 0 Å². The Morgan fingerprint density at radius 3 is 2.56 bits per heavy atom. The molecule has 0 saturated carbocycles. The molecule has 0 saturated heterocycles. The molecule has 0 amide bonds. The predicted octanol–water partition coefficient (Wildman–Crippen LogP) is 2.97. The van der Waals surface area contributed by atoms with Crippen LogP contribution in [0, 0.1) is 0 Å². The van der Waals surface area contributed by atoms with Crippen LogP contribution in [0.4, 0.5) is 0 Å². The van der Waals surface area contributed by atoms with E-state index in [1.54, 1.807) is 20.4 Å². The van der Waals surface area contributed by atoms with E-state index < -0.39 is 0 Å². The van der Waals surface area contributed by atoms with Crippen LogP contribution < -0.4 is 20.1 Å². The first-order valence-corrected chi connectivity index (χ1v) is 7.89. The van der Waals surface area contributed by atoms with Crippen molar-refractivity contribution in [1.29, 1.82) is 0 Å². The van der Waals surface area contributed by atoms with Gasteiger partial charge in [-0.25, -0.2) is 9.98 Å². The molecule has 2 aromatic rings. The lowest BCUT2D eigenvalue weighted by Crippen LogP contribution is -2.36. The van der Waals surface area contributed by atoms with Crippen LogP contribution >= 0.6 is 24.0 Å². The zero-order valence-electron chi connectivity index (χ0n) is 14.8. The second kappa shape index (κ2) is 11.5. The van der Waals surface area contributed by atoms with Gasteiger partial charge in [0.1, 0.15) is 5.75 Å². The van der Waals surface area contributed by atoms with E-state index in [9.17, 15) is 0 Å². The standard InChI is InChI=1S/C18H24N4O2.HI/c1-4-19-18(21-11-14-6-5-7-16(10-14)23-2)22-13-15-8-9-17(24-3)20-12-15;/h5-10,12H,4,11,13H2,1-3H3,(H2,19,21,22);1H. The summed E-state index contributed by atoms with van der Waals surface area (Å²) in [5.41, 5.74) is 2.15. The predicted molar refractivity (Wildman–Crippen MR) is 111 cm³/mol. The molecular formula is C18H25IN4O2. The average molecular weight is 456 g/mol. The van der Waals surface area contributed by atoms with E-state index in [4.69, 9.17) is 9.47 Å². The molecule has 0 atom stereocenters. The van der Waals surface area contributed by atoms with Crippen LogP contribution in [0.15, 0.2) is 47.6 Å². The Balaban J connectivity index is 0.00000312. The van der Waals surface area contributed by atoms with Gasteiger partial charge in [0.25, 0.3) is 0 Å². The van der Waals surface area contributed by atoms with Crippen LogP contribution in [0.25, 0.3) is 0 Å². The van der Waals surface area contributed by atoms with Crippen molar-refractivity contribution in [2.75, 3.05) is 20.8 Å². The minimum absolute atomic E-state index is 0. The smallest absolute Gasteiger partial charge is 0.212 e. The third kappa shape index (κ3) is 7.16. The lowest BCUT2D eigenvalue weighted by Gasteiger charge is -2.12. The molecule has 25 heavy (non-hydrogen) atoms. The first-order valence-electron chi connectivity index (χ1n) is 7.89. The number of pyridine rings is 1. The number of rotatable bonds is 7. The topological polar surface area (TPSA) is 67.8 Å². The van der Waals surface area contributed by atoms with E-state index in [0.717, 1.165) is 29.4 Å². The molecule has 6 nitrogen and oxygen atoms in total. The van der Waals surface area contributed by atoms with Gasteiger partial charge in [-0.3, -0.25) is 0 Å². The number of nitrogens with zero attached hydrogens (tertiary/aromatic N) is 2. The molecule has 0 spiro atoms. The monoisotopic (exact) mass is 456 g/mol. The molecule has 1 aromatic heterocycles. The Kier molecular flexibility index (Phi) is 9.68. The zero-order chi connectivity index (χ0) is 17.2. The fraction of sp³-hybridized carbons (Fsp3) is 0.333. The molecule has 0 aliphatic rings. The van der Waals surface area contributed by atoms with Crippen molar-refractivity contribution < 1.29 is 9.47 Å². The maximum absolute atomic E-state index is 5.24. The van der Waals surface area contributed by atoms with Gasteiger partial charge in [-0.15, -0.1) is 24.0 Å². The lowest BCUT2D eigenvalue weighted by molar-refractivity contribution is 0.397. The number of aliphatic imine (C=N–C) groups is 1. The average Bonchev–Trinajstić information content (AvgIpc) is 2.64. The Morgan fingerprint density at radius 2 is 1.92 bits per heavy atom. The van der Waals surface area contributed by atoms with Gasteiger partial charge in [-0.2, -0.15) is 0 Å². The van der Waals surface area contributed by atoms with Crippen LogP contribution in [0.2, 0.25) is 0 Å². The molecule has 2 rings (SSSR count). The molecule has 0 unspecified atom stereocenters. The molecule has 7 heteroatoms. The highest BCUT2D eigenvalue weighted by Crippen LogP contribution is 2.12. The highest BCUT2D eigenvalue weighted by Gasteiger charge is 2.01. The molecule has 0 bridgehead atoms.